The molecule has 0 radical (unpaired) electrons. The predicted molar refractivity (Wildman–Crippen MR) is 118 cm³/mol. The molecule has 0 bridgehead atoms. The fourth-order valence-electron chi connectivity index (χ4n) is 4.72. The van der Waals surface area contributed by atoms with Crippen molar-refractivity contribution in [1.82, 2.24) is 9.88 Å². The molecule has 1 aromatic heterocycles. The van der Waals surface area contributed by atoms with E-state index >= 15 is 0 Å². The van der Waals surface area contributed by atoms with Gasteiger partial charge >= 0.3 is 0 Å². The number of nitrogens with zero attached hydrogens (tertiary/aromatic N) is 3. The van der Waals surface area contributed by atoms with Crippen molar-refractivity contribution in [2.45, 2.75) is 56.5 Å². The molecule has 5 nitrogen and oxygen atoms in total. The fourth-order valence-corrected chi connectivity index (χ4v) is 4.72. The van der Waals surface area contributed by atoms with Crippen molar-refractivity contribution in [1.29, 1.82) is 5.26 Å². The van der Waals surface area contributed by atoms with Gasteiger partial charge in [-0.15, -0.1) is 0 Å². The van der Waals surface area contributed by atoms with Crippen LogP contribution in [0.1, 0.15) is 54.8 Å². The van der Waals surface area contributed by atoms with Crippen molar-refractivity contribution in [3.63, 3.8) is 0 Å². The summed E-state index contributed by atoms with van der Waals surface area (Å²) in [5.41, 5.74) is 2.58. The van der Waals surface area contributed by atoms with Crippen LogP contribution >= 0.6 is 0 Å². The van der Waals surface area contributed by atoms with Gasteiger partial charge < -0.3 is 10.0 Å². The van der Waals surface area contributed by atoms with E-state index in [1.54, 1.807) is 18.3 Å². The maximum Gasteiger partial charge on any atom is 0.230 e. The summed E-state index contributed by atoms with van der Waals surface area (Å²) in [6, 6.07) is 14.6. The Labute approximate surface area is 183 Å². The molecule has 1 aromatic carbocycles. The molecule has 2 aromatic rings. The van der Waals surface area contributed by atoms with Gasteiger partial charge in [0.1, 0.15) is 6.04 Å². The number of nitriles is 1. The summed E-state index contributed by atoms with van der Waals surface area (Å²) < 4.78 is 0. The molecule has 1 saturated heterocycles. The number of hydrogen-bond acceptors (Lipinski definition) is 4. The number of hydrogen-bond donors (Lipinski definition) is 1. The summed E-state index contributed by atoms with van der Waals surface area (Å²) in [4.78, 5) is 18.5. The Morgan fingerprint density at radius 2 is 1.90 bits per heavy atom. The van der Waals surface area contributed by atoms with Gasteiger partial charge in [0.2, 0.25) is 5.91 Å². The number of aliphatic hydroxyl groups excluding tert-OH is 1. The second-order valence-corrected chi connectivity index (χ2v) is 8.37. The summed E-state index contributed by atoms with van der Waals surface area (Å²) in [7, 11) is 0. The number of aliphatic hydroxyl groups is 1. The SMILES string of the molecule is N#C[C@@H]1[C@H](c2ccc(C#CC3CCCCC3)cc2)[C@@H](CO)N1C(=O)Cc1ccccn1. The molecule has 0 unspecified atom stereocenters. The first-order valence-corrected chi connectivity index (χ1v) is 11.0. The van der Waals surface area contributed by atoms with Crippen LogP contribution in [0.2, 0.25) is 0 Å². The Morgan fingerprint density at radius 3 is 2.55 bits per heavy atom. The molecule has 3 atom stereocenters. The molecule has 2 fully saturated rings. The van der Waals surface area contributed by atoms with Crippen LogP contribution in [-0.2, 0) is 11.2 Å². The third-order valence-corrected chi connectivity index (χ3v) is 6.40. The van der Waals surface area contributed by atoms with E-state index in [2.05, 4.69) is 22.9 Å². The van der Waals surface area contributed by atoms with Crippen LogP contribution in [0.4, 0.5) is 0 Å². The van der Waals surface area contributed by atoms with Crippen molar-refractivity contribution in [2.24, 2.45) is 5.92 Å². The number of carbonyl (C=O) groups excluding carboxylic acids is 1. The second-order valence-electron chi connectivity index (χ2n) is 8.37. The Balaban J connectivity index is 1.45. The van der Waals surface area contributed by atoms with E-state index in [9.17, 15) is 15.2 Å². The van der Waals surface area contributed by atoms with Crippen molar-refractivity contribution in [2.75, 3.05) is 6.61 Å². The van der Waals surface area contributed by atoms with Crippen LogP contribution < -0.4 is 0 Å². The van der Waals surface area contributed by atoms with E-state index in [0.717, 1.165) is 11.1 Å². The molecule has 2 aliphatic rings. The van der Waals surface area contributed by atoms with E-state index < -0.39 is 12.1 Å². The molecule has 1 saturated carbocycles. The van der Waals surface area contributed by atoms with Gasteiger partial charge in [-0.2, -0.15) is 5.26 Å². The number of carbonyl (C=O) groups is 1. The lowest BCUT2D eigenvalue weighted by atomic mass is 9.75. The summed E-state index contributed by atoms with van der Waals surface area (Å²) in [5, 5.41) is 19.7. The molecule has 31 heavy (non-hydrogen) atoms. The van der Waals surface area contributed by atoms with Crippen molar-refractivity contribution in [3.05, 3.63) is 65.5 Å². The summed E-state index contributed by atoms with van der Waals surface area (Å²) in [6.07, 6.45) is 8.02. The molecule has 2 heterocycles. The second kappa shape index (κ2) is 9.77. The number of likely N-dealkylation sites (tertiary alicyclic amines) is 1. The summed E-state index contributed by atoms with van der Waals surface area (Å²) in [6.45, 7) is -0.181. The standard InChI is InChI=1S/C26H27N3O2/c27-17-23-26(24(18-30)29(23)25(31)16-22-8-4-5-15-28-22)21-13-11-20(12-14-21)10-9-19-6-2-1-3-7-19/h4-5,8,11-15,19,23-24,26,30H,1-3,6-7,16,18H2/t23-,24-,26+/m1/s1. The number of rotatable bonds is 4. The zero-order valence-corrected chi connectivity index (χ0v) is 17.6. The van der Waals surface area contributed by atoms with Crippen LogP contribution in [0.3, 0.4) is 0 Å². The van der Waals surface area contributed by atoms with Gasteiger partial charge in [0.15, 0.2) is 0 Å². The average Bonchev–Trinajstić information content (AvgIpc) is 2.80. The smallest absolute Gasteiger partial charge is 0.230 e. The first kappa shape index (κ1) is 21.1. The van der Waals surface area contributed by atoms with Gasteiger partial charge in [-0.1, -0.05) is 49.3 Å². The van der Waals surface area contributed by atoms with Crippen LogP contribution in [0, 0.1) is 29.1 Å². The van der Waals surface area contributed by atoms with E-state index in [0.29, 0.717) is 11.6 Å². The van der Waals surface area contributed by atoms with Crippen LogP contribution in [0.15, 0.2) is 48.7 Å². The zero-order chi connectivity index (χ0) is 21.6. The van der Waals surface area contributed by atoms with Gasteiger partial charge in [0.05, 0.1) is 25.1 Å². The van der Waals surface area contributed by atoms with Crippen LogP contribution in [-0.4, -0.2) is 39.6 Å². The molecular formula is C26H27N3O2. The number of aromatic nitrogens is 1. The Hall–Kier alpha value is -3.15. The van der Waals surface area contributed by atoms with Gasteiger partial charge in [0, 0.05) is 29.3 Å². The lowest BCUT2D eigenvalue weighted by molar-refractivity contribution is -0.146. The fraction of sp³-hybridized carbons (Fsp3) is 0.423. The van der Waals surface area contributed by atoms with Gasteiger partial charge in [-0.05, 0) is 42.7 Å². The number of pyridine rings is 1. The van der Waals surface area contributed by atoms with Crippen molar-refractivity contribution < 1.29 is 9.90 Å². The Kier molecular flexibility index (Phi) is 6.65. The predicted octanol–water partition coefficient (Wildman–Crippen LogP) is 3.43. The molecule has 1 aliphatic carbocycles. The zero-order valence-electron chi connectivity index (χ0n) is 17.6. The first-order valence-electron chi connectivity index (χ1n) is 11.0. The molecule has 5 heteroatoms. The third kappa shape index (κ3) is 4.63. The van der Waals surface area contributed by atoms with Crippen LogP contribution in [0.25, 0.3) is 0 Å². The monoisotopic (exact) mass is 413 g/mol. The number of benzene rings is 1. The van der Waals surface area contributed by atoms with Gasteiger partial charge in [-0.3, -0.25) is 9.78 Å². The van der Waals surface area contributed by atoms with Crippen molar-refractivity contribution in [3.8, 4) is 17.9 Å². The van der Waals surface area contributed by atoms with E-state index in [-0.39, 0.29) is 24.9 Å². The highest BCUT2D eigenvalue weighted by Gasteiger charge is 2.51. The number of amides is 1. The van der Waals surface area contributed by atoms with Gasteiger partial charge in [-0.25, -0.2) is 0 Å². The molecule has 4 rings (SSSR count). The largest absolute Gasteiger partial charge is 0.394 e. The highest BCUT2D eigenvalue weighted by atomic mass is 16.3. The summed E-state index contributed by atoms with van der Waals surface area (Å²) in [5.74, 6) is 6.79. The minimum atomic E-state index is -0.590. The van der Waals surface area contributed by atoms with Crippen LogP contribution in [0.5, 0.6) is 0 Å². The lowest BCUT2D eigenvalue weighted by Gasteiger charge is -2.51. The quantitative estimate of drug-likeness (QED) is 0.779. The van der Waals surface area contributed by atoms with E-state index in [1.165, 1.54) is 37.0 Å². The molecule has 158 valence electrons. The van der Waals surface area contributed by atoms with Crippen molar-refractivity contribution >= 4 is 5.91 Å². The summed E-state index contributed by atoms with van der Waals surface area (Å²) >= 11 is 0. The third-order valence-electron chi connectivity index (χ3n) is 6.40. The Bertz CT molecular complexity index is 995. The molecule has 1 aliphatic heterocycles. The highest BCUT2D eigenvalue weighted by Crippen LogP contribution is 2.40. The molecule has 1 amide bonds. The first-order chi connectivity index (χ1) is 15.2. The maximum absolute atomic E-state index is 12.8. The van der Waals surface area contributed by atoms with Gasteiger partial charge in [0.25, 0.3) is 0 Å². The molecule has 1 N–H and O–H groups in total. The molecule has 0 spiro atoms. The average molecular weight is 414 g/mol. The minimum Gasteiger partial charge on any atom is -0.394 e. The van der Waals surface area contributed by atoms with E-state index in [1.807, 2.05) is 30.3 Å². The highest BCUT2D eigenvalue weighted by molar-refractivity contribution is 5.81. The Morgan fingerprint density at radius 1 is 1.13 bits per heavy atom. The lowest BCUT2D eigenvalue weighted by Crippen LogP contribution is -2.65. The normalized spacial score (nSPS) is 23.2. The minimum absolute atomic E-state index is 0.123. The molecular weight excluding hydrogens is 386 g/mol. The topological polar surface area (TPSA) is 77.2 Å². The van der Waals surface area contributed by atoms with E-state index in [4.69, 9.17) is 0 Å². The maximum atomic E-state index is 12.8.